The van der Waals surface area contributed by atoms with Crippen LogP contribution in [0, 0.1) is 5.92 Å². The Kier molecular flexibility index (Phi) is 5.75. The SMILES string of the molecule is COc1cc(OC)cc([C@@H](C2CCOCC2)N2CCNCC2)c1. The fraction of sp³-hybridized carbons (Fsp3) is 0.667. The Bertz CT molecular complexity index is 457. The summed E-state index contributed by atoms with van der Waals surface area (Å²) in [7, 11) is 3.43. The number of nitrogens with one attached hydrogen (secondary N) is 1. The molecule has 0 radical (unpaired) electrons. The second-order valence-corrected chi connectivity index (χ2v) is 6.33. The Morgan fingerprint density at radius 2 is 1.65 bits per heavy atom. The van der Waals surface area contributed by atoms with Crippen LogP contribution < -0.4 is 14.8 Å². The first-order valence-electron chi connectivity index (χ1n) is 8.57. The number of hydrogen-bond acceptors (Lipinski definition) is 5. The summed E-state index contributed by atoms with van der Waals surface area (Å²) < 4.78 is 16.6. The van der Waals surface area contributed by atoms with E-state index < -0.39 is 0 Å². The highest BCUT2D eigenvalue weighted by molar-refractivity contribution is 5.40. The van der Waals surface area contributed by atoms with Gasteiger partial charge in [-0.15, -0.1) is 0 Å². The predicted molar refractivity (Wildman–Crippen MR) is 90.3 cm³/mol. The molecule has 2 aliphatic rings. The summed E-state index contributed by atoms with van der Waals surface area (Å²) in [6.45, 7) is 6.02. The maximum atomic E-state index is 5.58. The van der Waals surface area contributed by atoms with Gasteiger partial charge in [-0.05, 0) is 36.5 Å². The summed E-state index contributed by atoms with van der Waals surface area (Å²) in [5, 5.41) is 3.45. The summed E-state index contributed by atoms with van der Waals surface area (Å²) in [5.74, 6) is 2.36. The molecule has 2 fully saturated rings. The number of rotatable bonds is 5. The lowest BCUT2D eigenvalue weighted by Gasteiger charge is -2.41. The summed E-state index contributed by atoms with van der Waals surface area (Å²) >= 11 is 0. The first-order valence-corrected chi connectivity index (χ1v) is 8.57. The summed E-state index contributed by atoms with van der Waals surface area (Å²) in [5.41, 5.74) is 1.30. The Labute approximate surface area is 138 Å². The largest absolute Gasteiger partial charge is 0.497 e. The molecule has 0 unspecified atom stereocenters. The van der Waals surface area contributed by atoms with Crippen LogP contribution in [0.3, 0.4) is 0 Å². The molecule has 0 bridgehead atoms. The average Bonchev–Trinajstić information content (AvgIpc) is 2.63. The predicted octanol–water partition coefficient (Wildman–Crippen LogP) is 2.08. The van der Waals surface area contributed by atoms with Gasteiger partial charge < -0.3 is 19.5 Å². The Morgan fingerprint density at radius 3 is 2.22 bits per heavy atom. The normalized spacial score (nSPS) is 21.8. The van der Waals surface area contributed by atoms with E-state index in [1.165, 1.54) is 5.56 Å². The van der Waals surface area contributed by atoms with Gasteiger partial charge in [0.2, 0.25) is 0 Å². The molecule has 128 valence electrons. The first kappa shape index (κ1) is 16.6. The van der Waals surface area contributed by atoms with Gasteiger partial charge in [0.15, 0.2) is 0 Å². The molecule has 0 aromatic heterocycles. The molecule has 5 heteroatoms. The summed E-state index contributed by atoms with van der Waals surface area (Å²) in [6.07, 6.45) is 2.24. The van der Waals surface area contributed by atoms with Gasteiger partial charge in [-0.1, -0.05) is 0 Å². The second-order valence-electron chi connectivity index (χ2n) is 6.33. The monoisotopic (exact) mass is 320 g/mol. The van der Waals surface area contributed by atoms with E-state index in [-0.39, 0.29) is 0 Å². The summed E-state index contributed by atoms with van der Waals surface area (Å²) in [6, 6.07) is 6.70. The molecule has 5 nitrogen and oxygen atoms in total. The lowest BCUT2D eigenvalue weighted by Crippen LogP contribution is -2.47. The molecule has 2 aliphatic heterocycles. The fourth-order valence-electron chi connectivity index (χ4n) is 3.77. The molecular weight excluding hydrogens is 292 g/mol. The van der Waals surface area contributed by atoms with Crippen LogP contribution in [0.4, 0.5) is 0 Å². The Hall–Kier alpha value is -1.30. The number of methoxy groups -OCH3 is 2. The van der Waals surface area contributed by atoms with Gasteiger partial charge in [0, 0.05) is 51.5 Å². The van der Waals surface area contributed by atoms with Gasteiger partial charge in [-0.3, -0.25) is 4.90 Å². The van der Waals surface area contributed by atoms with Gasteiger partial charge in [0.1, 0.15) is 11.5 Å². The number of piperazine rings is 1. The minimum absolute atomic E-state index is 0.407. The lowest BCUT2D eigenvalue weighted by molar-refractivity contribution is 0.0212. The number of benzene rings is 1. The van der Waals surface area contributed by atoms with Crippen LogP contribution >= 0.6 is 0 Å². The molecule has 0 spiro atoms. The highest BCUT2D eigenvalue weighted by Crippen LogP contribution is 2.38. The Balaban J connectivity index is 1.92. The molecular formula is C18H28N2O3. The number of ether oxygens (including phenoxy) is 3. The molecule has 3 rings (SSSR count). The lowest BCUT2D eigenvalue weighted by atomic mass is 9.85. The van der Waals surface area contributed by atoms with E-state index >= 15 is 0 Å². The summed E-state index contributed by atoms with van der Waals surface area (Å²) in [4.78, 5) is 2.61. The highest BCUT2D eigenvalue weighted by atomic mass is 16.5. The molecule has 0 saturated carbocycles. The molecule has 1 aromatic rings. The van der Waals surface area contributed by atoms with E-state index in [0.29, 0.717) is 12.0 Å². The van der Waals surface area contributed by atoms with Crippen LogP contribution in [-0.4, -0.2) is 58.5 Å². The van der Waals surface area contributed by atoms with Crippen molar-refractivity contribution in [1.82, 2.24) is 10.2 Å². The van der Waals surface area contributed by atoms with Crippen LogP contribution in [0.25, 0.3) is 0 Å². The molecule has 23 heavy (non-hydrogen) atoms. The van der Waals surface area contributed by atoms with Crippen molar-refractivity contribution in [1.29, 1.82) is 0 Å². The minimum Gasteiger partial charge on any atom is -0.497 e. The van der Waals surface area contributed by atoms with Crippen molar-refractivity contribution in [2.24, 2.45) is 5.92 Å². The zero-order chi connectivity index (χ0) is 16.1. The van der Waals surface area contributed by atoms with Crippen molar-refractivity contribution in [3.05, 3.63) is 23.8 Å². The minimum atomic E-state index is 0.407. The molecule has 0 aliphatic carbocycles. The standard InChI is InChI=1S/C18H28N2O3/c1-21-16-11-15(12-17(13-16)22-2)18(14-3-9-23-10-4-14)20-7-5-19-6-8-20/h11-14,18-19H,3-10H2,1-2H3/t18-/m1/s1. The molecule has 2 saturated heterocycles. The Morgan fingerprint density at radius 1 is 1.04 bits per heavy atom. The van der Waals surface area contributed by atoms with E-state index in [4.69, 9.17) is 14.2 Å². The third kappa shape index (κ3) is 3.97. The van der Waals surface area contributed by atoms with E-state index in [2.05, 4.69) is 22.3 Å². The van der Waals surface area contributed by atoms with Crippen molar-refractivity contribution in [3.8, 4) is 11.5 Å². The van der Waals surface area contributed by atoms with Crippen LogP contribution in [0.5, 0.6) is 11.5 Å². The van der Waals surface area contributed by atoms with Gasteiger partial charge >= 0.3 is 0 Å². The third-order valence-corrected chi connectivity index (χ3v) is 4.97. The van der Waals surface area contributed by atoms with E-state index in [0.717, 1.165) is 63.7 Å². The quantitative estimate of drug-likeness (QED) is 0.900. The van der Waals surface area contributed by atoms with Crippen LogP contribution in [-0.2, 0) is 4.74 Å². The second kappa shape index (κ2) is 7.99. The van der Waals surface area contributed by atoms with Crippen LogP contribution in [0.2, 0.25) is 0 Å². The number of nitrogens with zero attached hydrogens (tertiary/aromatic N) is 1. The molecule has 1 N–H and O–H groups in total. The average molecular weight is 320 g/mol. The maximum Gasteiger partial charge on any atom is 0.122 e. The van der Waals surface area contributed by atoms with Gasteiger partial charge in [-0.2, -0.15) is 0 Å². The highest BCUT2D eigenvalue weighted by Gasteiger charge is 2.31. The molecule has 0 amide bonds. The first-order chi connectivity index (χ1) is 11.3. The van der Waals surface area contributed by atoms with Crippen molar-refractivity contribution < 1.29 is 14.2 Å². The van der Waals surface area contributed by atoms with Crippen molar-refractivity contribution in [3.63, 3.8) is 0 Å². The zero-order valence-electron chi connectivity index (χ0n) is 14.2. The third-order valence-electron chi connectivity index (χ3n) is 4.97. The maximum absolute atomic E-state index is 5.58. The smallest absolute Gasteiger partial charge is 0.122 e. The molecule has 1 aromatic carbocycles. The van der Waals surface area contributed by atoms with Crippen LogP contribution in [0.15, 0.2) is 18.2 Å². The van der Waals surface area contributed by atoms with Gasteiger partial charge in [0.25, 0.3) is 0 Å². The van der Waals surface area contributed by atoms with Crippen LogP contribution in [0.1, 0.15) is 24.4 Å². The van der Waals surface area contributed by atoms with Crippen molar-refractivity contribution in [2.45, 2.75) is 18.9 Å². The molecule has 2 heterocycles. The fourth-order valence-corrected chi connectivity index (χ4v) is 3.77. The van der Waals surface area contributed by atoms with E-state index in [1.807, 2.05) is 6.07 Å². The van der Waals surface area contributed by atoms with Gasteiger partial charge in [-0.25, -0.2) is 0 Å². The topological polar surface area (TPSA) is 43.0 Å². The van der Waals surface area contributed by atoms with Gasteiger partial charge in [0.05, 0.1) is 14.2 Å². The van der Waals surface area contributed by atoms with Crippen molar-refractivity contribution >= 4 is 0 Å². The zero-order valence-corrected chi connectivity index (χ0v) is 14.2. The van der Waals surface area contributed by atoms with E-state index in [9.17, 15) is 0 Å². The number of hydrogen-bond donors (Lipinski definition) is 1. The molecule has 1 atom stereocenters. The van der Waals surface area contributed by atoms with E-state index in [1.54, 1.807) is 14.2 Å². The van der Waals surface area contributed by atoms with Crippen molar-refractivity contribution in [2.75, 3.05) is 53.6 Å².